The third kappa shape index (κ3) is 3.10. The fourth-order valence-electron chi connectivity index (χ4n) is 2.99. The Morgan fingerprint density at radius 1 is 1.05 bits per heavy atom. The summed E-state index contributed by atoms with van der Waals surface area (Å²) in [6, 6.07) is 8.27. The maximum atomic E-state index is 12.4. The highest BCUT2D eigenvalue weighted by molar-refractivity contribution is 5.96. The van der Waals surface area contributed by atoms with Crippen molar-refractivity contribution >= 4 is 24.0 Å². The van der Waals surface area contributed by atoms with E-state index in [9.17, 15) is 4.79 Å². The third-order valence-electron chi connectivity index (χ3n) is 4.00. The van der Waals surface area contributed by atoms with Crippen LogP contribution in [-0.4, -0.2) is 37.0 Å². The molecular formula is C15H21ClN2O. The van der Waals surface area contributed by atoms with Crippen molar-refractivity contribution < 1.29 is 4.79 Å². The second kappa shape index (κ2) is 6.40. The predicted octanol–water partition coefficient (Wildman–Crippen LogP) is 2.48. The van der Waals surface area contributed by atoms with Crippen molar-refractivity contribution in [2.75, 3.05) is 31.1 Å². The van der Waals surface area contributed by atoms with Crippen molar-refractivity contribution in [2.45, 2.75) is 25.7 Å². The molecule has 3 rings (SSSR count). The van der Waals surface area contributed by atoms with E-state index >= 15 is 0 Å². The number of rotatable bonds is 2. The van der Waals surface area contributed by atoms with E-state index in [0.29, 0.717) is 6.54 Å². The monoisotopic (exact) mass is 280 g/mol. The van der Waals surface area contributed by atoms with Crippen molar-refractivity contribution in [3.05, 3.63) is 29.8 Å². The Bertz CT molecular complexity index is 444. The highest BCUT2D eigenvalue weighted by Gasteiger charge is 2.25. The fourth-order valence-corrected chi connectivity index (χ4v) is 2.99. The van der Waals surface area contributed by atoms with Gasteiger partial charge in [-0.3, -0.25) is 9.69 Å². The first-order chi connectivity index (χ1) is 8.84. The molecule has 0 aliphatic carbocycles. The summed E-state index contributed by atoms with van der Waals surface area (Å²) in [6.45, 7) is 3.61. The zero-order valence-corrected chi connectivity index (χ0v) is 12.0. The summed E-state index contributed by atoms with van der Waals surface area (Å²) >= 11 is 0. The highest BCUT2D eigenvalue weighted by Crippen LogP contribution is 2.27. The summed E-state index contributed by atoms with van der Waals surface area (Å²) < 4.78 is 0. The number of fused-ring (bicyclic) bond motifs is 1. The van der Waals surface area contributed by atoms with Gasteiger partial charge in [0.25, 0.3) is 0 Å². The number of carbonyl (C=O) groups is 1. The van der Waals surface area contributed by atoms with Gasteiger partial charge in [0.1, 0.15) is 0 Å². The van der Waals surface area contributed by atoms with Gasteiger partial charge in [-0.25, -0.2) is 0 Å². The molecule has 2 aliphatic rings. The Morgan fingerprint density at radius 3 is 2.58 bits per heavy atom. The normalized spacial score (nSPS) is 18.8. The molecule has 4 heteroatoms. The molecule has 19 heavy (non-hydrogen) atoms. The van der Waals surface area contributed by atoms with Gasteiger partial charge in [0.05, 0.1) is 6.54 Å². The molecule has 0 aromatic heterocycles. The van der Waals surface area contributed by atoms with Crippen LogP contribution >= 0.6 is 12.4 Å². The molecule has 0 N–H and O–H groups in total. The van der Waals surface area contributed by atoms with Crippen molar-refractivity contribution in [3.8, 4) is 0 Å². The minimum Gasteiger partial charge on any atom is -0.311 e. The Hall–Kier alpha value is -1.06. The lowest BCUT2D eigenvalue weighted by Crippen LogP contribution is -2.41. The largest absolute Gasteiger partial charge is 0.311 e. The van der Waals surface area contributed by atoms with E-state index < -0.39 is 0 Å². The molecule has 1 saturated heterocycles. The van der Waals surface area contributed by atoms with E-state index in [0.717, 1.165) is 31.7 Å². The van der Waals surface area contributed by atoms with E-state index in [4.69, 9.17) is 0 Å². The van der Waals surface area contributed by atoms with Crippen LogP contribution in [-0.2, 0) is 11.2 Å². The van der Waals surface area contributed by atoms with Gasteiger partial charge in [0.2, 0.25) is 5.91 Å². The lowest BCUT2D eigenvalue weighted by molar-refractivity contribution is -0.119. The molecular weight excluding hydrogens is 260 g/mol. The van der Waals surface area contributed by atoms with Crippen LogP contribution in [0, 0.1) is 0 Å². The van der Waals surface area contributed by atoms with Crippen LogP contribution in [0.5, 0.6) is 0 Å². The number of amides is 1. The molecule has 2 aliphatic heterocycles. The highest BCUT2D eigenvalue weighted by atomic mass is 35.5. The van der Waals surface area contributed by atoms with Gasteiger partial charge in [-0.1, -0.05) is 24.6 Å². The second-order valence-electron chi connectivity index (χ2n) is 5.26. The predicted molar refractivity (Wildman–Crippen MR) is 80.0 cm³/mol. The zero-order valence-electron chi connectivity index (χ0n) is 11.2. The minimum atomic E-state index is 0. The zero-order chi connectivity index (χ0) is 12.4. The lowest BCUT2D eigenvalue weighted by atomic mass is 10.1. The number of hydrogen-bond donors (Lipinski definition) is 0. The molecule has 1 amide bonds. The first kappa shape index (κ1) is 14.4. The summed E-state index contributed by atoms with van der Waals surface area (Å²) in [6.07, 6.45) is 4.80. The molecule has 1 aromatic carbocycles. The summed E-state index contributed by atoms with van der Waals surface area (Å²) in [7, 11) is 0. The molecule has 0 spiro atoms. The van der Waals surface area contributed by atoms with Crippen LogP contribution in [0.1, 0.15) is 24.8 Å². The number of nitrogens with zero attached hydrogens (tertiary/aromatic N) is 2. The van der Waals surface area contributed by atoms with Crippen LogP contribution in [0.15, 0.2) is 24.3 Å². The smallest absolute Gasteiger partial charge is 0.241 e. The molecule has 1 fully saturated rings. The summed E-state index contributed by atoms with van der Waals surface area (Å²) in [5, 5.41) is 0. The van der Waals surface area contributed by atoms with Crippen LogP contribution < -0.4 is 4.90 Å². The van der Waals surface area contributed by atoms with Crippen molar-refractivity contribution in [1.82, 2.24) is 4.90 Å². The first-order valence-electron chi connectivity index (χ1n) is 6.95. The van der Waals surface area contributed by atoms with Gasteiger partial charge in [-0.2, -0.15) is 0 Å². The minimum absolute atomic E-state index is 0. The summed E-state index contributed by atoms with van der Waals surface area (Å²) in [4.78, 5) is 16.6. The molecule has 2 heterocycles. The number of para-hydroxylation sites is 1. The molecule has 0 atom stereocenters. The van der Waals surface area contributed by atoms with Gasteiger partial charge in [0.15, 0.2) is 0 Å². The molecule has 0 saturated carbocycles. The maximum Gasteiger partial charge on any atom is 0.241 e. The van der Waals surface area contributed by atoms with Crippen molar-refractivity contribution in [2.24, 2.45) is 0 Å². The van der Waals surface area contributed by atoms with Gasteiger partial charge < -0.3 is 4.90 Å². The van der Waals surface area contributed by atoms with E-state index in [1.807, 2.05) is 11.0 Å². The summed E-state index contributed by atoms with van der Waals surface area (Å²) in [5.41, 5.74) is 2.43. The topological polar surface area (TPSA) is 23.6 Å². The Labute approximate surface area is 121 Å². The maximum absolute atomic E-state index is 12.4. The number of halogens is 1. The lowest BCUT2D eigenvalue weighted by Gasteiger charge is -2.28. The Balaban J connectivity index is 0.00000133. The SMILES string of the molecule is Cl.O=C(CN1CCCCC1)N1CCc2ccccc21. The van der Waals surface area contributed by atoms with Crippen LogP contribution in [0.3, 0.4) is 0 Å². The van der Waals surface area contributed by atoms with Crippen molar-refractivity contribution in [3.63, 3.8) is 0 Å². The molecule has 1 aromatic rings. The quantitative estimate of drug-likeness (QED) is 0.831. The Kier molecular flexibility index (Phi) is 4.83. The third-order valence-corrected chi connectivity index (χ3v) is 4.00. The molecule has 0 bridgehead atoms. The summed E-state index contributed by atoms with van der Waals surface area (Å²) in [5.74, 6) is 0.266. The second-order valence-corrected chi connectivity index (χ2v) is 5.26. The van der Waals surface area contributed by atoms with E-state index in [1.54, 1.807) is 0 Å². The molecule has 104 valence electrons. The van der Waals surface area contributed by atoms with Crippen molar-refractivity contribution in [1.29, 1.82) is 0 Å². The number of hydrogen-bond acceptors (Lipinski definition) is 2. The average Bonchev–Trinajstić information content (AvgIpc) is 2.84. The van der Waals surface area contributed by atoms with Gasteiger partial charge in [-0.15, -0.1) is 12.4 Å². The fraction of sp³-hybridized carbons (Fsp3) is 0.533. The molecule has 0 unspecified atom stereocenters. The van der Waals surface area contributed by atoms with E-state index in [-0.39, 0.29) is 18.3 Å². The molecule has 3 nitrogen and oxygen atoms in total. The van der Waals surface area contributed by atoms with Crippen LogP contribution in [0.2, 0.25) is 0 Å². The number of piperidine rings is 1. The molecule has 0 radical (unpaired) electrons. The van der Waals surface area contributed by atoms with E-state index in [1.165, 1.54) is 24.8 Å². The average molecular weight is 281 g/mol. The van der Waals surface area contributed by atoms with Gasteiger partial charge >= 0.3 is 0 Å². The van der Waals surface area contributed by atoms with Gasteiger partial charge in [0, 0.05) is 12.2 Å². The van der Waals surface area contributed by atoms with Crippen LogP contribution in [0.4, 0.5) is 5.69 Å². The number of anilines is 1. The standard InChI is InChI=1S/C15H20N2O.ClH/c18-15(12-16-9-4-1-5-10-16)17-11-8-13-6-2-3-7-14(13)17;/h2-3,6-7H,1,4-5,8-12H2;1H. The Morgan fingerprint density at radius 2 is 1.79 bits per heavy atom. The first-order valence-corrected chi connectivity index (χ1v) is 6.95. The number of benzene rings is 1. The van der Waals surface area contributed by atoms with E-state index in [2.05, 4.69) is 23.1 Å². The number of likely N-dealkylation sites (tertiary alicyclic amines) is 1. The van der Waals surface area contributed by atoms with Gasteiger partial charge in [-0.05, 0) is 44.0 Å². The number of carbonyl (C=O) groups excluding carboxylic acids is 1. The van der Waals surface area contributed by atoms with Crippen LogP contribution in [0.25, 0.3) is 0 Å².